The molecule has 9 aromatic rings. The van der Waals surface area contributed by atoms with Gasteiger partial charge in [0.25, 0.3) is 0 Å². The molecule has 3 aromatic heterocycles. The number of carbonyl (C=O) groups excluding carboxylic acids is 2. The fourth-order valence-electron chi connectivity index (χ4n) is 6.16. The molecule has 6 aromatic carbocycles. The molecule has 0 aliphatic heterocycles. The molecule has 3 N–H and O–H groups in total. The molecule has 0 spiro atoms. The zero-order valence-corrected chi connectivity index (χ0v) is 35.2. The molecule has 0 bridgehead atoms. The summed E-state index contributed by atoms with van der Waals surface area (Å²) in [5, 5.41) is 18.7. The SMILES string of the molecule is C#Cc1ccccc1.CO.COC(=O)c1c[nH]c2ccccc12.COC(=O)c1cn(C#Cc2ccccc2)c2ccccc12.O=C(O)c1cn(C#Cc2ccccc2)c2ccccc12. The van der Waals surface area contributed by atoms with Crippen LogP contribution in [0.4, 0.5) is 0 Å². The van der Waals surface area contributed by atoms with Crippen LogP contribution in [0.5, 0.6) is 0 Å². The van der Waals surface area contributed by atoms with Crippen molar-refractivity contribution in [1.82, 2.24) is 14.1 Å². The van der Waals surface area contributed by atoms with Crippen LogP contribution in [0.25, 0.3) is 32.7 Å². The first kappa shape index (κ1) is 46.1. The number of hydrogen-bond donors (Lipinski definition) is 3. The number of aromatic carboxylic acids is 1. The Morgan fingerprint density at radius 3 is 1.36 bits per heavy atom. The number of benzene rings is 6. The van der Waals surface area contributed by atoms with Gasteiger partial charge in [-0.3, -0.25) is 9.13 Å². The van der Waals surface area contributed by atoms with Crippen LogP contribution in [-0.4, -0.2) is 63.6 Å². The van der Waals surface area contributed by atoms with Crippen LogP contribution in [0.2, 0.25) is 0 Å². The number of fused-ring (bicyclic) bond motifs is 3. The van der Waals surface area contributed by atoms with Crippen molar-refractivity contribution in [2.24, 2.45) is 0 Å². The maximum absolute atomic E-state index is 11.8. The van der Waals surface area contributed by atoms with E-state index in [0.717, 1.165) is 51.1 Å². The van der Waals surface area contributed by atoms with Crippen LogP contribution in [0.15, 0.2) is 182 Å². The summed E-state index contributed by atoms with van der Waals surface area (Å²) in [6.45, 7) is 0. The third-order valence-electron chi connectivity index (χ3n) is 9.18. The highest BCUT2D eigenvalue weighted by atomic mass is 16.5. The number of esters is 2. The molecule has 3 heterocycles. The number of aromatic amines is 1. The summed E-state index contributed by atoms with van der Waals surface area (Å²) >= 11 is 0. The zero-order valence-electron chi connectivity index (χ0n) is 35.2. The van der Waals surface area contributed by atoms with E-state index in [9.17, 15) is 19.5 Å². The Balaban J connectivity index is 0.000000166. The molecule has 9 rings (SSSR count). The number of aromatic nitrogens is 3. The van der Waals surface area contributed by atoms with E-state index in [4.69, 9.17) is 16.3 Å². The van der Waals surface area contributed by atoms with Crippen molar-refractivity contribution in [1.29, 1.82) is 0 Å². The van der Waals surface area contributed by atoms with Gasteiger partial charge < -0.3 is 24.7 Å². The van der Waals surface area contributed by atoms with Crippen LogP contribution in [-0.2, 0) is 9.47 Å². The Kier molecular flexibility index (Phi) is 17.1. The zero-order chi connectivity index (χ0) is 45.7. The van der Waals surface area contributed by atoms with Gasteiger partial charge in [-0.1, -0.05) is 115 Å². The molecule has 0 atom stereocenters. The van der Waals surface area contributed by atoms with Crippen molar-refractivity contribution in [2.75, 3.05) is 21.3 Å². The van der Waals surface area contributed by atoms with E-state index in [-0.39, 0.29) is 17.5 Å². The molecule has 0 saturated carbocycles. The first-order valence-electron chi connectivity index (χ1n) is 19.6. The Morgan fingerprint density at radius 1 is 0.516 bits per heavy atom. The van der Waals surface area contributed by atoms with Gasteiger partial charge in [-0.05, 0) is 66.4 Å². The Morgan fingerprint density at radius 2 is 0.906 bits per heavy atom. The van der Waals surface area contributed by atoms with Gasteiger partial charge in [0, 0.05) is 76.2 Å². The summed E-state index contributed by atoms with van der Waals surface area (Å²) in [6, 6.07) is 57.6. The van der Waals surface area contributed by atoms with Crippen LogP contribution >= 0.6 is 0 Å². The second kappa shape index (κ2) is 23.7. The van der Waals surface area contributed by atoms with Gasteiger partial charge in [0.2, 0.25) is 0 Å². The molecule has 0 amide bonds. The maximum Gasteiger partial charge on any atom is 0.340 e. The third-order valence-corrected chi connectivity index (χ3v) is 9.18. The van der Waals surface area contributed by atoms with Crippen LogP contribution < -0.4 is 0 Å². The number of rotatable bonds is 3. The summed E-state index contributed by atoms with van der Waals surface area (Å²) in [7, 11) is 3.76. The van der Waals surface area contributed by atoms with Crippen LogP contribution in [0, 0.1) is 36.3 Å². The monoisotopic (exact) mass is 845 g/mol. The summed E-state index contributed by atoms with van der Waals surface area (Å²) in [5.41, 5.74) is 6.76. The number of aliphatic hydroxyl groups excluding tert-OH is 1. The molecule has 0 aliphatic carbocycles. The topological polar surface area (TPSA) is 136 Å². The van der Waals surface area contributed by atoms with E-state index < -0.39 is 5.97 Å². The van der Waals surface area contributed by atoms with Crippen LogP contribution in [0.3, 0.4) is 0 Å². The van der Waals surface area contributed by atoms with Crippen molar-refractivity contribution in [3.8, 4) is 36.3 Å². The third kappa shape index (κ3) is 12.1. The lowest BCUT2D eigenvalue weighted by Crippen LogP contribution is -1.99. The van der Waals surface area contributed by atoms with Gasteiger partial charge in [0.05, 0.1) is 41.9 Å². The molecule has 0 fully saturated rings. The van der Waals surface area contributed by atoms with E-state index in [1.807, 2.05) is 158 Å². The van der Waals surface area contributed by atoms with E-state index in [1.165, 1.54) is 14.2 Å². The van der Waals surface area contributed by atoms with Crippen molar-refractivity contribution < 1.29 is 34.1 Å². The molecular weight excluding hydrogens is 803 g/mol. The molecule has 0 unspecified atom stereocenters. The maximum atomic E-state index is 11.8. The highest BCUT2D eigenvalue weighted by Crippen LogP contribution is 2.22. The molecule has 10 heteroatoms. The number of hydrogen-bond acceptors (Lipinski definition) is 6. The normalized spacial score (nSPS) is 9.55. The van der Waals surface area contributed by atoms with E-state index in [0.29, 0.717) is 16.5 Å². The highest BCUT2D eigenvalue weighted by Gasteiger charge is 2.15. The summed E-state index contributed by atoms with van der Waals surface area (Å²) < 4.78 is 12.9. The number of terminal acetylenes is 1. The number of para-hydroxylation sites is 3. The lowest BCUT2D eigenvalue weighted by atomic mass is 10.2. The number of nitrogens with one attached hydrogen (secondary N) is 1. The number of carboxylic acid groups (broad SMARTS) is 1. The fourth-order valence-corrected chi connectivity index (χ4v) is 6.16. The largest absolute Gasteiger partial charge is 0.478 e. The minimum Gasteiger partial charge on any atom is -0.478 e. The number of carbonyl (C=O) groups is 3. The van der Waals surface area contributed by atoms with E-state index in [2.05, 4.69) is 39.6 Å². The smallest absolute Gasteiger partial charge is 0.340 e. The Bertz CT molecular complexity index is 3140. The van der Waals surface area contributed by atoms with Gasteiger partial charge in [0.1, 0.15) is 0 Å². The average Bonchev–Trinajstić information content (AvgIpc) is 4.08. The first-order chi connectivity index (χ1) is 31.3. The van der Waals surface area contributed by atoms with Crippen molar-refractivity contribution in [3.63, 3.8) is 0 Å². The summed E-state index contributed by atoms with van der Waals surface area (Å²) in [5.74, 6) is 7.03. The number of methoxy groups -OCH3 is 2. The molecule has 0 saturated heterocycles. The fraction of sp³-hybridized carbons (Fsp3) is 0.0556. The van der Waals surface area contributed by atoms with Gasteiger partial charge in [0.15, 0.2) is 0 Å². The predicted octanol–water partition coefficient (Wildman–Crippen LogP) is 9.71. The number of nitrogens with zero attached hydrogens (tertiary/aromatic N) is 2. The average molecular weight is 846 g/mol. The predicted molar refractivity (Wildman–Crippen MR) is 252 cm³/mol. The standard InChI is InChI=1S/C18H13NO2.C17H11NO2.C10H9NO2.C8H6.CH4O/c1-21-18(20)16-13-19(17-10-6-5-9-15(16)17)12-11-14-7-3-2-4-8-14;19-17(20)15-12-18(16-9-5-4-8-14(15)16)11-10-13-6-2-1-3-7-13;1-13-10(12)8-6-11-9-5-3-2-4-7(8)9;1-2-8-6-4-3-5-7-8;1-2/h2-10,13H,1H3;1-9,12H,(H,19,20);2-6,11H,1H3;1,3-7H;2H,1H3. The second-order valence-corrected chi connectivity index (χ2v) is 13.1. The highest BCUT2D eigenvalue weighted by molar-refractivity contribution is 6.05. The molecule has 64 heavy (non-hydrogen) atoms. The summed E-state index contributed by atoms with van der Waals surface area (Å²) in [4.78, 5) is 37.3. The Labute approximate surface area is 371 Å². The second-order valence-electron chi connectivity index (χ2n) is 13.1. The van der Waals surface area contributed by atoms with E-state index >= 15 is 0 Å². The molecule has 0 aliphatic rings. The lowest BCUT2D eigenvalue weighted by molar-refractivity contribution is 0.0594. The molecular formula is C54H43N3O7. The van der Waals surface area contributed by atoms with Crippen molar-refractivity contribution in [3.05, 3.63) is 216 Å². The quantitative estimate of drug-likeness (QED) is 0.119. The molecule has 10 nitrogen and oxygen atoms in total. The lowest BCUT2D eigenvalue weighted by Gasteiger charge is -1.95. The van der Waals surface area contributed by atoms with Gasteiger partial charge in [-0.25, -0.2) is 14.4 Å². The van der Waals surface area contributed by atoms with Crippen molar-refractivity contribution in [2.45, 2.75) is 0 Å². The first-order valence-corrected chi connectivity index (χ1v) is 19.6. The minimum atomic E-state index is -0.943. The Hall–Kier alpha value is -9.01. The number of aliphatic hydroxyl groups is 1. The molecule has 316 valence electrons. The number of ether oxygens (including phenoxy) is 2. The minimum absolute atomic E-state index is 0.267. The van der Waals surface area contributed by atoms with Crippen LogP contribution in [0.1, 0.15) is 47.8 Å². The molecule has 0 radical (unpaired) electrons. The summed E-state index contributed by atoms with van der Waals surface area (Å²) in [6.07, 6.45) is 10.0. The van der Waals surface area contributed by atoms with Crippen molar-refractivity contribution >= 4 is 50.6 Å². The number of H-pyrrole nitrogens is 1. The van der Waals surface area contributed by atoms with Gasteiger partial charge >= 0.3 is 17.9 Å². The van der Waals surface area contributed by atoms with E-state index in [1.54, 1.807) is 33.8 Å². The number of carboxylic acids is 1. The van der Waals surface area contributed by atoms with Gasteiger partial charge in [-0.2, -0.15) is 0 Å². The van der Waals surface area contributed by atoms with Gasteiger partial charge in [-0.15, -0.1) is 6.42 Å².